The van der Waals surface area contributed by atoms with Gasteiger partial charge in [-0.25, -0.2) is 0 Å². The van der Waals surface area contributed by atoms with Crippen molar-refractivity contribution in [2.75, 3.05) is 5.75 Å². The van der Waals surface area contributed by atoms with E-state index in [0.717, 1.165) is 10.5 Å². The zero-order chi connectivity index (χ0) is 15.2. The summed E-state index contributed by atoms with van der Waals surface area (Å²) in [6.07, 6.45) is 0. The second kappa shape index (κ2) is 7.32. The van der Waals surface area contributed by atoms with Gasteiger partial charge in [0.1, 0.15) is 0 Å². The summed E-state index contributed by atoms with van der Waals surface area (Å²) in [5.41, 5.74) is 3.67. The lowest BCUT2D eigenvalue weighted by molar-refractivity contribution is -0.119. The molecular weight excluding hydrogens is 278 g/mol. The molecule has 0 saturated heterocycles. The van der Waals surface area contributed by atoms with E-state index in [0.29, 0.717) is 5.75 Å². The maximum Gasteiger partial charge on any atom is 0.230 e. The van der Waals surface area contributed by atoms with E-state index < -0.39 is 0 Å². The van der Waals surface area contributed by atoms with Gasteiger partial charge in [0.05, 0.1) is 11.8 Å². The molecule has 0 spiro atoms. The van der Waals surface area contributed by atoms with E-state index in [4.69, 9.17) is 0 Å². The van der Waals surface area contributed by atoms with Crippen molar-refractivity contribution in [3.8, 4) is 0 Å². The Balaban J connectivity index is 1.86. The van der Waals surface area contributed by atoms with Crippen LogP contribution in [0.25, 0.3) is 0 Å². The first-order valence-electron chi connectivity index (χ1n) is 7.10. The van der Waals surface area contributed by atoms with Crippen molar-refractivity contribution in [3.05, 3.63) is 65.2 Å². The molecular formula is C18H21NOS. The van der Waals surface area contributed by atoms with Crippen molar-refractivity contribution in [2.45, 2.75) is 31.7 Å². The molecule has 2 aromatic rings. The van der Waals surface area contributed by atoms with Crippen molar-refractivity contribution >= 4 is 17.7 Å². The number of hydrogen-bond acceptors (Lipinski definition) is 2. The average molecular weight is 299 g/mol. The van der Waals surface area contributed by atoms with E-state index >= 15 is 0 Å². The van der Waals surface area contributed by atoms with Crippen LogP contribution in [0.5, 0.6) is 0 Å². The number of rotatable bonds is 5. The molecule has 1 atom stereocenters. The van der Waals surface area contributed by atoms with Gasteiger partial charge in [-0.2, -0.15) is 0 Å². The van der Waals surface area contributed by atoms with Crippen LogP contribution in [-0.4, -0.2) is 11.7 Å². The van der Waals surface area contributed by atoms with E-state index in [1.54, 1.807) is 11.8 Å². The molecule has 0 unspecified atom stereocenters. The number of nitrogens with one attached hydrogen (secondary N) is 1. The number of carbonyl (C=O) groups is 1. The lowest BCUT2D eigenvalue weighted by Gasteiger charge is -2.14. The zero-order valence-corrected chi connectivity index (χ0v) is 13.5. The second-order valence-corrected chi connectivity index (χ2v) is 6.28. The molecule has 0 bridgehead atoms. The summed E-state index contributed by atoms with van der Waals surface area (Å²) >= 11 is 1.58. The molecule has 0 radical (unpaired) electrons. The largest absolute Gasteiger partial charge is 0.349 e. The first-order valence-corrected chi connectivity index (χ1v) is 8.09. The summed E-state index contributed by atoms with van der Waals surface area (Å²) in [5.74, 6) is 0.509. The fraction of sp³-hybridized carbons (Fsp3) is 0.278. The van der Waals surface area contributed by atoms with Gasteiger partial charge in [-0.15, -0.1) is 11.8 Å². The molecule has 0 aromatic heterocycles. The van der Waals surface area contributed by atoms with Crippen LogP contribution in [0.1, 0.15) is 29.7 Å². The lowest BCUT2D eigenvalue weighted by Crippen LogP contribution is -2.28. The SMILES string of the molecule is Cc1ccc(SCC(=O)N[C@H](C)c2ccccc2)cc1C. The monoisotopic (exact) mass is 299 g/mol. The standard InChI is InChI=1S/C18H21NOS/c1-13-9-10-17(11-14(13)2)21-12-18(20)19-15(3)16-7-5-4-6-8-16/h4-11,15H,12H2,1-3H3,(H,19,20)/t15-/m1/s1. The third-order valence-corrected chi connectivity index (χ3v) is 4.52. The van der Waals surface area contributed by atoms with Crippen LogP contribution in [-0.2, 0) is 4.79 Å². The van der Waals surface area contributed by atoms with Crippen molar-refractivity contribution < 1.29 is 4.79 Å². The van der Waals surface area contributed by atoms with Crippen molar-refractivity contribution in [1.82, 2.24) is 5.32 Å². The van der Waals surface area contributed by atoms with Gasteiger partial charge in [0.2, 0.25) is 5.91 Å². The number of carbonyl (C=O) groups excluding carboxylic acids is 1. The molecule has 2 nitrogen and oxygen atoms in total. The molecule has 3 heteroatoms. The van der Waals surface area contributed by atoms with Gasteiger partial charge in [0.25, 0.3) is 0 Å². The highest BCUT2D eigenvalue weighted by atomic mass is 32.2. The number of amides is 1. The maximum absolute atomic E-state index is 12.0. The molecule has 0 heterocycles. The fourth-order valence-electron chi connectivity index (χ4n) is 2.06. The van der Waals surface area contributed by atoms with Gasteiger partial charge in [-0.1, -0.05) is 36.4 Å². The molecule has 0 aliphatic rings. The predicted molar refractivity (Wildman–Crippen MR) is 89.6 cm³/mol. The van der Waals surface area contributed by atoms with E-state index in [1.807, 2.05) is 37.3 Å². The molecule has 2 aromatic carbocycles. The number of benzene rings is 2. The van der Waals surface area contributed by atoms with Crippen LogP contribution < -0.4 is 5.32 Å². The Bertz CT molecular complexity index is 610. The summed E-state index contributed by atoms with van der Waals surface area (Å²) in [4.78, 5) is 13.2. The molecule has 1 amide bonds. The maximum atomic E-state index is 12.0. The van der Waals surface area contributed by atoms with Crippen molar-refractivity contribution in [1.29, 1.82) is 0 Å². The number of aryl methyl sites for hydroxylation is 2. The molecule has 2 rings (SSSR count). The summed E-state index contributed by atoms with van der Waals surface area (Å²) in [6.45, 7) is 6.20. The van der Waals surface area contributed by atoms with Crippen LogP contribution in [0.4, 0.5) is 0 Å². The van der Waals surface area contributed by atoms with Crippen LogP contribution in [0.2, 0.25) is 0 Å². The Morgan fingerprint density at radius 1 is 1.10 bits per heavy atom. The van der Waals surface area contributed by atoms with Crippen LogP contribution in [0.15, 0.2) is 53.4 Å². The van der Waals surface area contributed by atoms with Gasteiger partial charge in [-0.3, -0.25) is 4.79 Å². The van der Waals surface area contributed by atoms with Crippen LogP contribution >= 0.6 is 11.8 Å². The van der Waals surface area contributed by atoms with Crippen LogP contribution in [0, 0.1) is 13.8 Å². The minimum Gasteiger partial charge on any atom is -0.349 e. The Hall–Kier alpha value is -1.74. The summed E-state index contributed by atoms with van der Waals surface area (Å²) < 4.78 is 0. The Morgan fingerprint density at radius 2 is 1.81 bits per heavy atom. The van der Waals surface area contributed by atoms with Crippen LogP contribution in [0.3, 0.4) is 0 Å². The fourth-order valence-corrected chi connectivity index (χ4v) is 2.87. The number of thioether (sulfide) groups is 1. The molecule has 0 aliphatic heterocycles. The first kappa shape index (κ1) is 15.6. The van der Waals surface area contributed by atoms with Gasteiger partial charge in [0, 0.05) is 4.90 Å². The minimum absolute atomic E-state index is 0.0408. The van der Waals surface area contributed by atoms with E-state index in [1.165, 1.54) is 11.1 Å². The summed E-state index contributed by atoms with van der Waals surface area (Å²) in [7, 11) is 0. The predicted octanol–water partition coefficient (Wildman–Crippen LogP) is 4.27. The Morgan fingerprint density at radius 3 is 2.48 bits per heavy atom. The summed E-state index contributed by atoms with van der Waals surface area (Å²) in [5, 5.41) is 3.03. The number of hydrogen-bond donors (Lipinski definition) is 1. The smallest absolute Gasteiger partial charge is 0.230 e. The molecule has 1 N–H and O–H groups in total. The van der Waals surface area contributed by atoms with Gasteiger partial charge >= 0.3 is 0 Å². The average Bonchev–Trinajstić information content (AvgIpc) is 2.49. The molecule has 21 heavy (non-hydrogen) atoms. The Labute approximate surface area is 131 Å². The third-order valence-electron chi connectivity index (χ3n) is 3.53. The van der Waals surface area contributed by atoms with Gasteiger partial charge in [0.15, 0.2) is 0 Å². The highest BCUT2D eigenvalue weighted by Gasteiger charge is 2.09. The third kappa shape index (κ3) is 4.64. The molecule has 0 fully saturated rings. The van der Waals surface area contributed by atoms with Gasteiger partial charge in [-0.05, 0) is 49.6 Å². The topological polar surface area (TPSA) is 29.1 Å². The van der Waals surface area contributed by atoms with Crippen molar-refractivity contribution in [3.63, 3.8) is 0 Å². The zero-order valence-electron chi connectivity index (χ0n) is 12.7. The first-order chi connectivity index (χ1) is 10.1. The molecule has 0 saturated carbocycles. The van der Waals surface area contributed by atoms with E-state index in [-0.39, 0.29) is 11.9 Å². The van der Waals surface area contributed by atoms with Gasteiger partial charge < -0.3 is 5.32 Å². The lowest BCUT2D eigenvalue weighted by atomic mass is 10.1. The molecule has 110 valence electrons. The van der Waals surface area contributed by atoms with E-state index in [9.17, 15) is 4.79 Å². The minimum atomic E-state index is 0.0408. The Kier molecular flexibility index (Phi) is 5.45. The normalized spacial score (nSPS) is 12.0. The highest BCUT2D eigenvalue weighted by Crippen LogP contribution is 2.21. The summed E-state index contributed by atoms with van der Waals surface area (Å²) in [6, 6.07) is 16.4. The highest BCUT2D eigenvalue weighted by molar-refractivity contribution is 8.00. The molecule has 0 aliphatic carbocycles. The second-order valence-electron chi connectivity index (χ2n) is 5.23. The quantitative estimate of drug-likeness (QED) is 0.835. The van der Waals surface area contributed by atoms with Crippen molar-refractivity contribution in [2.24, 2.45) is 0 Å². The van der Waals surface area contributed by atoms with E-state index in [2.05, 4.69) is 37.4 Å².